The van der Waals surface area contributed by atoms with Gasteiger partial charge in [0.25, 0.3) is 0 Å². The number of hydrogen-bond acceptors (Lipinski definition) is 5. The van der Waals surface area contributed by atoms with Gasteiger partial charge in [-0.3, -0.25) is 0 Å². The predicted molar refractivity (Wildman–Crippen MR) is 80.0 cm³/mol. The van der Waals surface area contributed by atoms with E-state index in [2.05, 4.69) is 26.8 Å². The summed E-state index contributed by atoms with van der Waals surface area (Å²) >= 11 is 0. The maximum Gasteiger partial charge on any atom is 0.223 e. The van der Waals surface area contributed by atoms with Crippen molar-refractivity contribution in [1.29, 1.82) is 0 Å². The van der Waals surface area contributed by atoms with Gasteiger partial charge in [-0.2, -0.15) is 0 Å². The molecule has 5 heteroatoms. The van der Waals surface area contributed by atoms with Gasteiger partial charge in [0.1, 0.15) is 0 Å². The Morgan fingerprint density at radius 3 is 2.90 bits per heavy atom. The SMILES string of the molecule is C=C(N)N1CCc2cnc(NC3CCCCC3)nc2C1. The molecule has 0 aromatic carbocycles. The van der Waals surface area contributed by atoms with Crippen LogP contribution in [0.4, 0.5) is 5.95 Å². The zero-order valence-corrected chi connectivity index (χ0v) is 11.9. The van der Waals surface area contributed by atoms with E-state index in [0.29, 0.717) is 11.9 Å². The number of rotatable bonds is 3. The Bertz CT molecular complexity index is 493. The van der Waals surface area contributed by atoms with Gasteiger partial charge in [-0.05, 0) is 24.8 Å². The van der Waals surface area contributed by atoms with Gasteiger partial charge in [0, 0.05) is 18.8 Å². The van der Waals surface area contributed by atoms with Gasteiger partial charge in [0.15, 0.2) is 0 Å². The number of fused-ring (bicyclic) bond motifs is 1. The lowest BCUT2D eigenvalue weighted by Gasteiger charge is -2.29. The summed E-state index contributed by atoms with van der Waals surface area (Å²) in [6, 6.07) is 0.533. The van der Waals surface area contributed by atoms with E-state index < -0.39 is 0 Å². The van der Waals surface area contributed by atoms with Crippen LogP contribution in [-0.4, -0.2) is 27.5 Å². The van der Waals surface area contributed by atoms with E-state index >= 15 is 0 Å². The molecule has 2 heterocycles. The van der Waals surface area contributed by atoms with Gasteiger partial charge in [-0.1, -0.05) is 25.8 Å². The van der Waals surface area contributed by atoms with Crippen LogP contribution >= 0.6 is 0 Å². The molecular weight excluding hydrogens is 250 g/mol. The van der Waals surface area contributed by atoms with Crippen molar-refractivity contribution in [3.63, 3.8) is 0 Å². The van der Waals surface area contributed by atoms with Gasteiger partial charge in [0.2, 0.25) is 5.95 Å². The van der Waals surface area contributed by atoms with Crippen molar-refractivity contribution in [3.8, 4) is 0 Å². The molecule has 2 aliphatic rings. The maximum absolute atomic E-state index is 5.78. The minimum atomic E-state index is 0.533. The second kappa shape index (κ2) is 5.69. The van der Waals surface area contributed by atoms with Gasteiger partial charge in [-0.25, -0.2) is 9.97 Å². The van der Waals surface area contributed by atoms with Crippen molar-refractivity contribution < 1.29 is 0 Å². The Balaban J connectivity index is 1.71. The van der Waals surface area contributed by atoms with E-state index in [9.17, 15) is 0 Å². The molecule has 3 rings (SSSR count). The smallest absolute Gasteiger partial charge is 0.223 e. The van der Waals surface area contributed by atoms with Crippen LogP contribution in [0, 0.1) is 0 Å². The van der Waals surface area contributed by atoms with Crippen molar-refractivity contribution >= 4 is 5.95 Å². The minimum Gasteiger partial charge on any atom is -0.386 e. The van der Waals surface area contributed by atoms with Crippen molar-refractivity contribution in [2.45, 2.75) is 51.1 Å². The molecular formula is C15H23N5. The van der Waals surface area contributed by atoms with E-state index in [1.807, 2.05) is 6.20 Å². The fourth-order valence-corrected chi connectivity index (χ4v) is 3.05. The fraction of sp³-hybridized carbons (Fsp3) is 0.600. The number of hydrogen-bond donors (Lipinski definition) is 2. The first kappa shape index (κ1) is 13.2. The van der Waals surface area contributed by atoms with Gasteiger partial charge in [-0.15, -0.1) is 0 Å². The maximum atomic E-state index is 5.78. The molecule has 1 aliphatic carbocycles. The third-order valence-electron chi connectivity index (χ3n) is 4.29. The lowest BCUT2D eigenvalue weighted by molar-refractivity contribution is 0.314. The van der Waals surface area contributed by atoms with E-state index in [-0.39, 0.29) is 0 Å². The fourth-order valence-electron chi connectivity index (χ4n) is 3.05. The molecule has 1 aromatic heterocycles. The van der Waals surface area contributed by atoms with Gasteiger partial charge < -0.3 is 16.0 Å². The largest absolute Gasteiger partial charge is 0.386 e. The highest BCUT2D eigenvalue weighted by molar-refractivity contribution is 5.32. The number of aromatic nitrogens is 2. The summed E-state index contributed by atoms with van der Waals surface area (Å²) in [6.07, 6.45) is 9.33. The first-order valence-corrected chi connectivity index (χ1v) is 7.53. The first-order valence-electron chi connectivity index (χ1n) is 7.53. The van der Waals surface area contributed by atoms with Crippen molar-refractivity contribution in [1.82, 2.24) is 14.9 Å². The van der Waals surface area contributed by atoms with Crippen LogP contribution in [0.25, 0.3) is 0 Å². The average Bonchev–Trinajstić information content (AvgIpc) is 2.47. The summed E-state index contributed by atoms with van der Waals surface area (Å²) in [5.74, 6) is 1.39. The second-order valence-electron chi connectivity index (χ2n) is 5.81. The Kier molecular flexibility index (Phi) is 3.76. The molecule has 3 N–H and O–H groups in total. The zero-order chi connectivity index (χ0) is 13.9. The molecule has 1 fully saturated rings. The van der Waals surface area contributed by atoms with Crippen LogP contribution < -0.4 is 11.1 Å². The van der Waals surface area contributed by atoms with Gasteiger partial charge >= 0.3 is 0 Å². The Hall–Kier alpha value is -1.78. The summed E-state index contributed by atoms with van der Waals surface area (Å²) in [5.41, 5.74) is 8.10. The molecule has 0 atom stereocenters. The Morgan fingerprint density at radius 1 is 1.35 bits per heavy atom. The standard InChI is InChI=1S/C15H23N5/c1-11(16)20-8-7-12-9-17-15(19-14(12)10-20)18-13-5-3-2-4-6-13/h9,13H,1-8,10,16H2,(H,17,18,19). The Morgan fingerprint density at radius 2 is 2.15 bits per heavy atom. The Labute approximate surface area is 120 Å². The van der Waals surface area contributed by atoms with Crippen LogP contribution in [0.3, 0.4) is 0 Å². The van der Waals surface area contributed by atoms with Crippen LogP contribution in [0.1, 0.15) is 43.4 Å². The molecule has 0 spiro atoms. The summed E-state index contributed by atoms with van der Waals surface area (Å²) in [5, 5.41) is 3.48. The number of anilines is 1. The van der Waals surface area contributed by atoms with Crippen molar-refractivity contribution in [2.75, 3.05) is 11.9 Å². The molecule has 0 bridgehead atoms. The van der Waals surface area contributed by atoms with E-state index in [0.717, 1.165) is 31.2 Å². The zero-order valence-electron chi connectivity index (χ0n) is 11.9. The van der Waals surface area contributed by atoms with Crippen molar-refractivity contribution in [2.24, 2.45) is 5.73 Å². The molecule has 0 saturated heterocycles. The van der Waals surface area contributed by atoms with E-state index in [1.54, 1.807) is 0 Å². The second-order valence-corrected chi connectivity index (χ2v) is 5.81. The molecule has 5 nitrogen and oxygen atoms in total. The molecule has 0 amide bonds. The number of nitrogens with two attached hydrogens (primary N) is 1. The quantitative estimate of drug-likeness (QED) is 0.882. The molecule has 0 unspecified atom stereocenters. The highest BCUT2D eigenvalue weighted by Crippen LogP contribution is 2.22. The average molecular weight is 273 g/mol. The van der Waals surface area contributed by atoms with Crippen LogP contribution in [-0.2, 0) is 13.0 Å². The first-order chi connectivity index (χ1) is 9.72. The third-order valence-corrected chi connectivity index (χ3v) is 4.29. The number of nitrogens with one attached hydrogen (secondary N) is 1. The normalized spacial score (nSPS) is 19.5. The lowest BCUT2D eigenvalue weighted by Crippen LogP contribution is -2.34. The predicted octanol–water partition coefficient (Wildman–Crippen LogP) is 2.01. The highest BCUT2D eigenvalue weighted by Gasteiger charge is 2.19. The molecule has 20 heavy (non-hydrogen) atoms. The van der Waals surface area contributed by atoms with E-state index in [4.69, 9.17) is 5.73 Å². The van der Waals surface area contributed by atoms with E-state index in [1.165, 1.54) is 37.7 Å². The molecule has 0 radical (unpaired) electrons. The molecule has 1 aromatic rings. The monoisotopic (exact) mass is 273 g/mol. The third kappa shape index (κ3) is 2.86. The summed E-state index contributed by atoms with van der Waals surface area (Å²) < 4.78 is 0. The summed E-state index contributed by atoms with van der Waals surface area (Å²) in [4.78, 5) is 11.2. The van der Waals surface area contributed by atoms with Gasteiger partial charge in [0.05, 0.1) is 18.1 Å². The van der Waals surface area contributed by atoms with Crippen molar-refractivity contribution in [3.05, 3.63) is 29.9 Å². The lowest BCUT2D eigenvalue weighted by atomic mass is 9.96. The summed E-state index contributed by atoms with van der Waals surface area (Å²) in [6.45, 7) is 5.46. The highest BCUT2D eigenvalue weighted by atomic mass is 15.2. The number of nitrogens with zero attached hydrogens (tertiary/aromatic N) is 3. The molecule has 1 saturated carbocycles. The van der Waals surface area contributed by atoms with Crippen LogP contribution in [0.2, 0.25) is 0 Å². The summed E-state index contributed by atoms with van der Waals surface area (Å²) in [7, 11) is 0. The molecule has 108 valence electrons. The molecule has 1 aliphatic heterocycles. The minimum absolute atomic E-state index is 0.533. The van der Waals surface area contributed by atoms with Crippen LogP contribution in [0.5, 0.6) is 0 Å². The van der Waals surface area contributed by atoms with Crippen LogP contribution in [0.15, 0.2) is 18.6 Å². The topological polar surface area (TPSA) is 67.1 Å².